The van der Waals surface area contributed by atoms with Crippen molar-refractivity contribution in [2.24, 2.45) is 0 Å². The molecule has 0 heterocycles. The lowest BCUT2D eigenvalue weighted by atomic mass is 9.99. The van der Waals surface area contributed by atoms with Crippen LogP contribution in [-0.2, 0) is 11.2 Å². The Morgan fingerprint density at radius 3 is 2.30 bits per heavy atom. The van der Waals surface area contributed by atoms with E-state index in [2.05, 4.69) is 6.92 Å². The lowest BCUT2D eigenvalue weighted by Gasteiger charge is -2.09. The number of hydrogen-bond acceptors (Lipinski definition) is 3. The number of hydrogen-bond donors (Lipinski definition) is 1. The van der Waals surface area contributed by atoms with Gasteiger partial charge < -0.3 is 9.84 Å². The summed E-state index contributed by atoms with van der Waals surface area (Å²) in [7, 11) is 0. The van der Waals surface area contributed by atoms with Gasteiger partial charge in [0.2, 0.25) is 0 Å². The predicted molar refractivity (Wildman–Crippen MR) is 91.1 cm³/mol. The molecule has 0 spiro atoms. The minimum atomic E-state index is -1.08. The molecule has 128 valence electrons. The van der Waals surface area contributed by atoms with E-state index in [1.807, 2.05) is 13.0 Å². The maximum absolute atomic E-state index is 11.9. The summed E-state index contributed by atoms with van der Waals surface area (Å²) < 4.78 is 5.04. The molecule has 0 bridgehead atoms. The van der Waals surface area contributed by atoms with Gasteiger partial charge in [-0.1, -0.05) is 52.0 Å². The summed E-state index contributed by atoms with van der Waals surface area (Å²) in [6.45, 7) is 4.40. The van der Waals surface area contributed by atoms with Crippen LogP contribution in [0.15, 0.2) is 18.2 Å². The van der Waals surface area contributed by atoms with Crippen LogP contribution in [0.1, 0.15) is 85.1 Å². The Morgan fingerprint density at radius 2 is 1.65 bits per heavy atom. The summed E-state index contributed by atoms with van der Waals surface area (Å²) >= 11 is 0. The van der Waals surface area contributed by atoms with Crippen LogP contribution in [0.3, 0.4) is 0 Å². The number of carboxylic acids is 1. The topological polar surface area (TPSA) is 63.6 Å². The SMILES string of the molecule is CCCCCCCCc1ccc(C(=O)OCCC)c(C(=O)O)c1. The van der Waals surface area contributed by atoms with Crippen LogP contribution in [0.25, 0.3) is 0 Å². The van der Waals surface area contributed by atoms with E-state index in [0.717, 1.165) is 24.8 Å². The molecule has 0 amide bonds. The largest absolute Gasteiger partial charge is 0.478 e. The molecule has 0 saturated carbocycles. The molecule has 4 heteroatoms. The van der Waals surface area contributed by atoms with Crippen LogP contribution >= 0.6 is 0 Å². The van der Waals surface area contributed by atoms with Crippen LogP contribution in [0, 0.1) is 0 Å². The zero-order valence-corrected chi connectivity index (χ0v) is 14.3. The highest BCUT2D eigenvalue weighted by Gasteiger charge is 2.18. The molecule has 23 heavy (non-hydrogen) atoms. The van der Waals surface area contributed by atoms with Crippen LogP contribution < -0.4 is 0 Å². The molecule has 0 aliphatic rings. The van der Waals surface area contributed by atoms with E-state index in [4.69, 9.17) is 4.74 Å². The number of rotatable bonds is 11. The number of benzene rings is 1. The maximum Gasteiger partial charge on any atom is 0.339 e. The fourth-order valence-corrected chi connectivity index (χ4v) is 2.48. The Bertz CT molecular complexity index is 508. The highest BCUT2D eigenvalue weighted by Crippen LogP contribution is 2.17. The predicted octanol–water partition coefficient (Wildman–Crippen LogP) is 4.85. The Labute approximate surface area is 138 Å². The maximum atomic E-state index is 11.9. The quantitative estimate of drug-likeness (QED) is 0.467. The zero-order chi connectivity index (χ0) is 17.1. The normalized spacial score (nSPS) is 10.5. The third-order valence-electron chi connectivity index (χ3n) is 3.79. The first kappa shape index (κ1) is 19.2. The summed E-state index contributed by atoms with van der Waals surface area (Å²) in [5, 5.41) is 9.33. The van der Waals surface area contributed by atoms with E-state index in [1.165, 1.54) is 25.7 Å². The molecule has 0 atom stereocenters. The smallest absolute Gasteiger partial charge is 0.339 e. The minimum Gasteiger partial charge on any atom is -0.478 e. The van der Waals surface area contributed by atoms with Crippen LogP contribution in [0.4, 0.5) is 0 Å². The molecule has 0 radical (unpaired) electrons. The van der Waals surface area contributed by atoms with Crippen molar-refractivity contribution >= 4 is 11.9 Å². The number of carbonyl (C=O) groups excluding carboxylic acids is 1. The Hall–Kier alpha value is -1.84. The highest BCUT2D eigenvalue weighted by atomic mass is 16.5. The molecule has 1 N–H and O–H groups in total. The van der Waals surface area contributed by atoms with E-state index in [0.29, 0.717) is 13.0 Å². The number of ether oxygens (including phenoxy) is 1. The highest BCUT2D eigenvalue weighted by molar-refractivity contribution is 6.02. The molecule has 1 aromatic carbocycles. The van der Waals surface area contributed by atoms with Crippen molar-refractivity contribution in [2.75, 3.05) is 6.61 Å². The summed E-state index contributed by atoms with van der Waals surface area (Å²) in [5.74, 6) is -1.64. The lowest BCUT2D eigenvalue weighted by Crippen LogP contribution is -2.12. The van der Waals surface area contributed by atoms with Gasteiger partial charge in [0.15, 0.2) is 0 Å². The minimum absolute atomic E-state index is 0.0367. The summed E-state index contributed by atoms with van der Waals surface area (Å²) in [5.41, 5.74) is 1.14. The number of unbranched alkanes of at least 4 members (excludes halogenated alkanes) is 5. The molecular weight excluding hydrogens is 292 g/mol. The lowest BCUT2D eigenvalue weighted by molar-refractivity contribution is 0.0494. The number of esters is 1. The van der Waals surface area contributed by atoms with E-state index in [9.17, 15) is 14.7 Å². The molecule has 0 saturated heterocycles. The zero-order valence-electron chi connectivity index (χ0n) is 14.3. The van der Waals surface area contributed by atoms with Crippen molar-refractivity contribution in [3.63, 3.8) is 0 Å². The first-order valence-corrected chi connectivity index (χ1v) is 8.63. The fraction of sp³-hybridized carbons (Fsp3) is 0.579. The third kappa shape index (κ3) is 6.85. The van der Waals surface area contributed by atoms with E-state index in [-0.39, 0.29) is 11.1 Å². The second-order valence-corrected chi connectivity index (χ2v) is 5.84. The molecule has 0 aliphatic carbocycles. The molecule has 0 unspecified atom stereocenters. The number of carbonyl (C=O) groups is 2. The van der Waals surface area contributed by atoms with E-state index < -0.39 is 11.9 Å². The average molecular weight is 320 g/mol. The van der Waals surface area contributed by atoms with Gasteiger partial charge in [-0.3, -0.25) is 0 Å². The monoisotopic (exact) mass is 320 g/mol. The second-order valence-electron chi connectivity index (χ2n) is 5.84. The van der Waals surface area contributed by atoms with Gasteiger partial charge >= 0.3 is 11.9 Å². The number of carboxylic acid groups (broad SMARTS) is 1. The van der Waals surface area contributed by atoms with Gasteiger partial charge in [0.25, 0.3) is 0 Å². The van der Waals surface area contributed by atoms with Crippen molar-refractivity contribution in [1.29, 1.82) is 0 Å². The van der Waals surface area contributed by atoms with Crippen molar-refractivity contribution in [3.05, 3.63) is 34.9 Å². The van der Waals surface area contributed by atoms with Gasteiger partial charge in [-0.25, -0.2) is 9.59 Å². The van der Waals surface area contributed by atoms with E-state index >= 15 is 0 Å². The number of aryl methyl sites for hydroxylation is 1. The standard InChI is InChI=1S/C19H28O4/c1-3-5-6-7-8-9-10-15-11-12-16(17(14-15)18(20)21)19(22)23-13-4-2/h11-12,14H,3-10,13H2,1-2H3,(H,20,21). The van der Waals surface area contributed by atoms with Crippen LogP contribution in [-0.4, -0.2) is 23.7 Å². The van der Waals surface area contributed by atoms with Gasteiger partial charge in [-0.15, -0.1) is 0 Å². The first-order valence-electron chi connectivity index (χ1n) is 8.63. The van der Waals surface area contributed by atoms with Gasteiger partial charge in [-0.2, -0.15) is 0 Å². The summed E-state index contributed by atoms with van der Waals surface area (Å²) in [4.78, 5) is 23.3. The molecule has 0 aliphatic heterocycles. The fourth-order valence-electron chi connectivity index (χ4n) is 2.48. The van der Waals surface area contributed by atoms with Gasteiger partial charge in [0, 0.05) is 0 Å². The molecule has 0 aromatic heterocycles. The average Bonchev–Trinajstić information content (AvgIpc) is 2.55. The molecule has 1 aromatic rings. The molecule has 1 rings (SSSR count). The van der Waals surface area contributed by atoms with Crippen molar-refractivity contribution in [1.82, 2.24) is 0 Å². The summed E-state index contributed by atoms with van der Waals surface area (Å²) in [6.07, 6.45) is 8.75. The molecule has 4 nitrogen and oxygen atoms in total. The van der Waals surface area contributed by atoms with Crippen LogP contribution in [0.5, 0.6) is 0 Å². The van der Waals surface area contributed by atoms with Crippen molar-refractivity contribution in [2.45, 2.75) is 65.2 Å². The van der Waals surface area contributed by atoms with Gasteiger partial charge in [0.1, 0.15) is 0 Å². The Balaban J connectivity index is 2.64. The van der Waals surface area contributed by atoms with E-state index in [1.54, 1.807) is 12.1 Å². The van der Waals surface area contributed by atoms with Crippen molar-refractivity contribution in [3.8, 4) is 0 Å². The Morgan fingerprint density at radius 1 is 0.957 bits per heavy atom. The van der Waals surface area contributed by atoms with Crippen molar-refractivity contribution < 1.29 is 19.4 Å². The number of aromatic carboxylic acids is 1. The van der Waals surface area contributed by atoms with Gasteiger partial charge in [-0.05, 0) is 37.0 Å². The van der Waals surface area contributed by atoms with Crippen LogP contribution in [0.2, 0.25) is 0 Å². The third-order valence-corrected chi connectivity index (χ3v) is 3.79. The van der Waals surface area contributed by atoms with Gasteiger partial charge in [0.05, 0.1) is 17.7 Å². The molecular formula is C19H28O4. The first-order chi connectivity index (χ1) is 11.1. The second kappa shape index (κ2) is 10.8. The Kier molecular flexibility index (Phi) is 9.03. The summed E-state index contributed by atoms with van der Waals surface area (Å²) in [6, 6.07) is 5.02. The molecule has 0 fully saturated rings.